The van der Waals surface area contributed by atoms with Gasteiger partial charge < -0.3 is 15.0 Å². The molecule has 1 unspecified atom stereocenters. The molecule has 3 aliphatic heterocycles. The molecule has 1 aliphatic carbocycles. The smallest absolute Gasteiger partial charge is 0.255 e. The Bertz CT molecular complexity index is 591. The lowest BCUT2D eigenvalue weighted by atomic mass is 9.84. The number of benzene rings is 1. The number of piperidine rings is 3. The summed E-state index contributed by atoms with van der Waals surface area (Å²) in [6.07, 6.45) is 5.65. The summed E-state index contributed by atoms with van der Waals surface area (Å²) in [5.74, 6) is 1.44. The van der Waals surface area contributed by atoms with Gasteiger partial charge in [-0.3, -0.25) is 4.79 Å². The van der Waals surface area contributed by atoms with E-state index in [4.69, 9.17) is 4.74 Å². The number of methoxy groups -OCH3 is 1. The third kappa shape index (κ3) is 2.30. The van der Waals surface area contributed by atoms with Crippen LogP contribution in [0, 0.1) is 5.92 Å². The molecule has 22 heavy (non-hydrogen) atoms. The molecule has 0 spiro atoms. The Labute approximate surface area is 131 Å². The molecule has 0 saturated carbocycles. The first-order valence-electron chi connectivity index (χ1n) is 8.48. The zero-order valence-corrected chi connectivity index (χ0v) is 13.2. The number of aryl methyl sites for hydroxylation is 1. The van der Waals surface area contributed by atoms with Gasteiger partial charge in [0.25, 0.3) is 5.91 Å². The lowest BCUT2D eigenvalue weighted by Gasteiger charge is -2.45. The monoisotopic (exact) mass is 300 g/mol. The first-order valence-corrected chi connectivity index (χ1v) is 8.48. The van der Waals surface area contributed by atoms with E-state index in [1.807, 2.05) is 6.07 Å². The molecule has 3 saturated heterocycles. The summed E-state index contributed by atoms with van der Waals surface area (Å²) in [5, 5.41) is 3.31. The number of carbonyl (C=O) groups is 1. The lowest BCUT2D eigenvalue weighted by molar-refractivity contribution is 0.0618. The molecule has 1 amide bonds. The quantitative estimate of drug-likeness (QED) is 0.928. The zero-order chi connectivity index (χ0) is 15.1. The number of fused-ring (bicyclic) bond motifs is 4. The second kappa shape index (κ2) is 5.58. The third-order valence-electron chi connectivity index (χ3n) is 5.66. The van der Waals surface area contributed by atoms with Gasteiger partial charge in [0.15, 0.2) is 0 Å². The Hall–Kier alpha value is -1.55. The molecule has 1 aromatic carbocycles. The largest absolute Gasteiger partial charge is 0.496 e. The first kappa shape index (κ1) is 14.1. The van der Waals surface area contributed by atoms with Crippen LogP contribution >= 0.6 is 0 Å². The molecular weight excluding hydrogens is 276 g/mol. The van der Waals surface area contributed by atoms with Crippen LogP contribution in [0.25, 0.3) is 0 Å². The van der Waals surface area contributed by atoms with Crippen LogP contribution < -0.4 is 10.1 Å². The van der Waals surface area contributed by atoms with E-state index in [1.54, 1.807) is 7.11 Å². The van der Waals surface area contributed by atoms with Crippen LogP contribution in [0.3, 0.4) is 0 Å². The summed E-state index contributed by atoms with van der Waals surface area (Å²) in [6, 6.07) is 4.37. The van der Waals surface area contributed by atoms with Crippen LogP contribution in [-0.4, -0.2) is 43.6 Å². The maximum absolute atomic E-state index is 12.9. The molecule has 3 heterocycles. The summed E-state index contributed by atoms with van der Waals surface area (Å²) in [7, 11) is 1.65. The van der Waals surface area contributed by atoms with Gasteiger partial charge >= 0.3 is 0 Å². The minimum absolute atomic E-state index is 0.0642. The Morgan fingerprint density at radius 2 is 2.09 bits per heavy atom. The maximum atomic E-state index is 12.9. The highest BCUT2D eigenvalue weighted by molar-refractivity contribution is 5.99. The van der Waals surface area contributed by atoms with Crippen molar-refractivity contribution < 1.29 is 9.53 Å². The molecule has 3 fully saturated rings. The van der Waals surface area contributed by atoms with E-state index in [1.165, 1.54) is 37.1 Å². The minimum atomic E-state index is 0.0642. The van der Waals surface area contributed by atoms with E-state index in [9.17, 15) is 4.79 Å². The molecular formula is C18H24N2O2. The molecule has 0 aromatic heterocycles. The Morgan fingerprint density at radius 3 is 2.77 bits per heavy atom. The standard InChI is InChI=1S/C18H24N2O2/c1-22-16-6-5-12-3-2-4-14(12)17(16)18(21)19-15-11-20-9-7-13(15)8-10-20/h5-6,13,15H,2-4,7-11H2,1H3,(H,19,21). The van der Waals surface area contributed by atoms with Crippen molar-refractivity contribution in [2.24, 2.45) is 5.92 Å². The molecule has 0 radical (unpaired) electrons. The first-order chi connectivity index (χ1) is 10.8. The Morgan fingerprint density at radius 1 is 1.27 bits per heavy atom. The number of hydrogen-bond acceptors (Lipinski definition) is 3. The molecule has 1 aromatic rings. The van der Waals surface area contributed by atoms with E-state index >= 15 is 0 Å². The van der Waals surface area contributed by atoms with Crippen LogP contribution in [0.1, 0.15) is 40.7 Å². The summed E-state index contributed by atoms with van der Waals surface area (Å²) in [5.41, 5.74) is 3.31. The van der Waals surface area contributed by atoms with Gasteiger partial charge in [-0.2, -0.15) is 0 Å². The molecule has 4 aliphatic rings. The second-order valence-electron chi connectivity index (χ2n) is 6.85. The summed E-state index contributed by atoms with van der Waals surface area (Å²) < 4.78 is 5.47. The number of nitrogens with zero attached hydrogens (tertiary/aromatic N) is 1. The van der Waals surface area contributed by atoms with Crippen LogP contribution in [0.5, 0.6) is 5.75 Å². The highest BCUT2D eigenvalue weighted by Gasteiger charge is 2.36. The van der Waals surface area contributed by atoms with E-state index in [0.717, 1.165) is 37.1 Å². The van der Waals surface area contributed by atoms with Crippen molar-refractivity contribution in [1.29, 1.82) is 0 Å². The molecule has 1 N–H and O–H groups in total. The van der Waals surface area contributed by atoms with E-state index < -0.39 is 0 Å². The van der Waals surface area contributed by atoms with Gasteiger partial charge in [-0.05, 0) is 68.3 Å². The average Bonchev–Trinajstić information content (AvgIpc) is 3.03. The molecule has 1 atom stereocenters. The van der Waals surface area contributed by atoms with Crippen molar-refractivity contribution in [2.75, 3.05) is 26.7 Å². The van der Waals surface area contributed by atoms with Crippen molar-refractivity contribution in [2.45, 2.75) is 38.1 Å². The zero-order valence-electron chi connectivity index (χ0n) is 13.2. The topological polar surface area (TPSA) is 41.6 Å². The normalized spacial score (nSPS) is 29.2. The van der Waals surface area contributed by atoms with Gasteiger partial charge in [0.2, 0.25) is 0 Å². The second-order valence-corrected chi connectivity index (χ2v) is 6.85. The number of ether oxygens (including phenoxy) is 1. The number of hydrogen-bond donors (Lipinski definition) is 1. The Kier molecular flexibility index (Phi) is 3.57. The number of carbonyl (C=O) groups excluding carboxylic acids is 1. The minimum Gasteiger partial charge on any atom is -0.496 e. The van der Waals surface area contributed by atoms with Crippen molar-refractivity contribution in [1.82, 2.24) is 10.2 Å². The van der Waals surface area contributed by atoms with Gasteiger partial charge in [-0.25, -0.2) is 0 Å². The highest BCUT2D eigenvalue weighted by atomic mass is 16.5. The molecule has 4 heteroatoms. The van der Waals surface area contributed by atoms with Gasteiger partial charge in [0.05, 0.1) is 12.7 Å². The molecule has 2 bridgehead atoms. The van der Waals surface area contributed by atoms with Gasteiger partial charge in [0.1, 0.15) is 5.75 Å². The number of rotatable bonds is 3. The predicted molar refractivity (Wildman–Crippen MR) is 85.4 cm³/mol. The summed E-state index contributed by atoms with van der Waals surface area (Å²) in [4.78, 5) is 15.4. The van der Waals surface area contributed by atoms with Crippen molar-refractivity contribution >= 4 is 5.91 Å². The molecule has 118 valence electrons. The average molecular weight is 300 g/mol. The van der Waals surface area contributed by atoms with Crippen LogP contribution in [0.2, 0.25) is 0 Å². The fraction of sp³-hybridized carbons (Fsp3) is 0.611. The number of amides is 1. The van der Waals surface area contributed by atoms with Crippen LogP contribution in [0.4, 0.5) is 0 Å². The third-order valence-corrected chi connectivity index (χ3v) is 5.66. The van der Waals surface area contributed by atoms with Gasteiger partial charge in [0, 0.05) is 12.6 Å². The van der Waals surface area contributed by atoms with Crippen LogP contribution in [0.15, 0.2) is 12.1 Å². The van der Waals surface area contributed by atoms with E-state index in [2.05, 4.69) is 16.3 Å². The SMILES string of the molecule is COc1ccc2c(c1C(=O)NC1CN3CCC1CC3)CCC2. The van der Waals surface area contributed by atoms with E-state index in [-0.39, 0.29) is 5.91 Å². The Balaban J connectivity index is 1.59. The fourth-order valence-corrected chi connectivity index (χ4v) is 4.43. The maximum Gasteiger partial charge on any atom is 0.255 e. The van der Waals surface area contributed by atoms with Crippen LogP contribution in [-0.2, 0) is 12.8 Å². The van der Waals surface area contributed by atoms with Crippen molar-refractivity contribution in [3.8, 4) is 5.75 Å². The predicted octanol–water partition coefficient (Wildman–Crippen LogP) is 2.01. The lowest BCUT2D eigenvalue weighted by Crippen LogP contribution is -2.57. The highest BCUT2D eigenvalue weighted by Crippen LogP contribution is 2.33. The number of nitrogens with one attached hydrogen (secondary N) is 1. The molecule has 4 nitrogen and oxygen atoms in total. The van der Waals surface area contributed by atoms with Crippen molar-refractivity contribution in [3.05, 3.63) is 28.8 Å². The fourth-order valence-electron chi connectivity index (χ4n) is 4.43. The van der Waals surface area contributed by atoms with Crippen molar-refractivity contribution in [3.63, 3.8) is 0 Å². The summed E-state index contributed by atoms with van der Waals surface area (Å²) in [6.45, 7) is 3.40. The summed E-state index contributed by atoms with van der Waals surface area (Å²) >= 11 is 0. The van der Waals surface area contributed by atoms with Gasteiger partial charge in [-0.15, -0.1) is 0 Å². The van der Waals surface area contributed by atoms with Gasteiger partial charge in [-0.1, -0.05) is 6.07 Å². The van der Waals surface area contributed by atoms with E-state index in [0.29, 0.717) is 12.0 Å². The molecule has 5 rings (SSSR count).